The minimum absolute atomic E-state index is 0.00549. The molecular formula is C14H16N2O3S2. The number of benzene rings is 1. The molecule has 0 saturated carbocycles. The van der Waals surface area contributed by atoms with Gasteiger partial charge in [-0.2, -0.15) is 0 Å². The quantitative estimate of drug-likeness (QED) is 0.878. The minimum Gasteiger partial charge on any atom is -0.349 e. The minimum atomic E-state index is -3.73. The summed E-state index contributed by atoms with van der Waals surface area (Å²) in [6.45, 7) is 1.93. The van der Waals surface area contributed by atoms with E-state index in [4.69, 9.17) is 5.14 Å². The van der Waals surface area contributed by atoms with Gasteiger partial charge in [-0.15, -0.1) is 11.3 Å². The fourth-order valence-electron chi connectivity index (χ4n) is 1.88. The van der Waals surface area contributed by atoms with Gasteiger partial charge in [-0.05, 0) is 42.6 Å². The van der Waals surface area contributed by atoms with Gasteiger partial charge in [0.1, 0.15) is 0 Å². The Morgan fingerprint density at radius 1 is 1.29 bits per heavy atom. The predicted octanol–water partition coefficient (Wildman–Crippen LogP) is 1.76. The molecule has 1 atom stereocenters. The molecule has 3 N–H and O–H groups in total. The Bertz CT molecular complexity index is 707. The van der Waals surface area contributed by atoms with E-state index in [1.54, 1.807) is 11.3 Å². The first-order chi connectivity index (χ1) is 9.86. The van der Waals surface area contributed by atoms with Crippen LogP contribution in [0.1, 0.15) is 22.2 Å². The van der Waals surface area contributed by atoms with E-state index in [1.165, 1.54) is 29.1 Å². The van der Waals surface area contributed by atoms with Gasteiger partial charge in [0.2, 0.25) is 10.0 Å². The molecule has 2 rings (SSSR count). The Morgan fingerprint density at radius 2 is 1.95 bits per heavy atom. The number of primary sulfonamides is 1. The lowest BCUT2D eigenvalue weighted by atomic mass is 10.1. The monoisotopic (exact) mass is 324 g/mol. The molecule has 1 heterocycles. The number of carbonyl (C=O) groups is 1. The summed E-state index contributed by atoms with van der Waals surface area (Å²) in [4.78, 5) is 13.2. The van der Waals surface area contributed by atoms with E-state index in [-0.39, 0.29) is 16.8 Å². The lowest BCUT2D eigenvalue weighted by molar-refractivity contribution is 0.0940. The number of sulfonamides is 1. The number of carbonyl (C=O) groups excluding carboxylic acids is 1. The predicted molar refractivity (Wildman–Crippen MR) is 82.8 cm³/mol. The number of nitrogens with two attached hydrogens (primary N) is 1. The van der Waals surface area contributed by atoms with Gasteiger partial charge in [-0.3, -0.25) is 4.79 Å². The van der Waals surface area contributed by atoms with Gasteiger partial charge >= 0.3 is 0 Å². The highest BCUT2D eigenvalue weighted by atomic mass is 32.2. The van der Waals surface area contributed by atoms with Crippen LogP contribution in [-0.4, -0.2) is 20.4 Å². The second-order valence-corrected chi connectivity index (χ2v) is 7.32. The van der Waals surface area contributed by atoms with Crippen molar-refractivity contribution in [2.75, 3.05) is 0 Å². The first kappa shape index (κ1) is 15.7. The number of hydrogen-bond acceptors (Lipinski definition) is 4. The van der Waals surface area contributed by atoms with Crippen molar-refractivity contribution in [2.24, 2.45) is 5.14 Å². The summed E-state index contributed by atoms with van der Waals surface area (Å²) < 4.78 is 22.3. The lowest BCUT2D eigenvalue weighted by Crippen LogP contribution is -2.33. The fourth-order valence-corrected chi connectivity index (χ4v) is 3.24. The molecule has 0 aliphatic rings. The van der Waals surface area contributed by atoms with Crippen molar-refractivity contribution >= 4 is 27.3 Å². The smallest absolute Gasteiger partial charge is 0.251 e. The van der Waals surface area contributed by atoms with Crippen molar-refractivity contribution in [3.8, 4) is 0 Å². The van der Waals surface area contributed by atoms with Gasteiger partial charge in [0.15, 0.2) is 0 Å². The second-order valence-electron chi connectivity index (χ2n) is 4.73. The molecule has 0 fully saturated rings. The summed E-state index contributed by atoms with van der Waals surface area (Å²) in [5.74, 6) is -0.236. The molecule has 1 aromatic heterocycles. The third-order valence-electron chi connectivity index (χ3n) is 2.91. The number of nitrogens with one attached hydrogen (secondary N) is 1. The molecule has 0 radical (unpaired) electrons. The number of thiophene rings is 1. The summed E-state index contributed by atoms with van der Waals surface area (Å²) in [7, 11) is -3.73. The molecule has 2 aromatic rings. The summed E-state index contributed by atoms with van der Waals surface area (Å²) in [5, 5.41) is 9.89. The average Bonchev–Trinajstić information content (AvgIpc) is 2.90. The molecule has 0 aliphatic heterocycles. The zero-order chi connectivity index (χ0) is 15.5. The van der Waals surface area contributed by atoms with Crippen LogP contribution in [0.4, 0.5) is 0 Å². The molecule has 1 amide bonds. The number of rotatable bonds is 5. The average molecular weight is 324 g/mol. The van der Waals surface area contributed by atoms with Crippen LogP contribution in [0.3, 0.4) is 0 Å². The maximum Gasteiger partial charge on any atom is 0.251 e. The Kier molecular flexibility index (Phi) is 4.76. The molecule has 0 bridgehead atoms. The molecule has 7 heteroatoms. The number of hydrogen-bond donors (Lipinski definition) is 2. The topological polar surface area (TPSA) is 89.3 Å². The van der Waals surface area contributed by atoms with Crippen molar-refractivity contribution in [1.29, 1.82) is 0 Å². The van der Waals surface area contributed by atoms with Crippen LogP contribution in [0.25, 0.3) is 0 Å². The van der Waals surface area contributed by atoms with Crippen molar-refractivity contribution in [3.63, 3.8) is 0 Å². The highest BCUT2D eigenvalue weighted by Gasteiger charge is 2.12. The van der Waals surface area contributed by atoms with Crippen molar-refractivity contribution in [3.05, 3.63) is 52.2 Å². The van der Waals surface area contributed by atoms with Crippen LogP contribution in [0, 0.1) is 0 Å². The van der Waals surface area contributed by atoms with E-state index in [1.807, 2.05) is 24.4 Å². The van der Waals surface area contributed by atoms with Gasteiger partial charge in [0.05, 0.1) is 4.90 Å². The third kappa shape index (κ3) is 4.38. The van der Waals surface area contributed by atoms with E-state index < -0.39 is 10.0 Å². The zero-order valence-electron chi connectivity index (χ0n) is 11.4. The maximum atomic E-state index is 12.1. The van der Waals surface area contributed by atoms with Crippen LogP contribution in [-0.2, 0) is 16.4 Å². The Hall–Kier alpha value is -1.70. The molecule has 0 aliphatic carbocycles. The van der Waals surface area contributed by atoms with Gasteiger partial charge in [-0.25, -0.2) is 13.6 Å². The maximum absolute atomic E-state index is 12.1. The standard InChI is InChI=1S/C14H16N2O3S2/c1-10(9-12-3-2-8-20-12)16-14(17)11-4-6-13(7-5-11)21(15,18)19/h2-8,10H,9H2,1H3,(H,16,17)(H2,15,18,19). The molecule has 5 nitrogen and oxygen atoms in total. The first-order valence-electron chi connectivity index (χ1n) is 6.32. The van der Waals surface area contributed by atoms with E-state index in [2.05, 4.69) is 5.32 Å². The van der Waals surface area contributed by atoms with E-state index in [0.717, 1.165) is 6.42 Å². The van der Waals surface area contributed by atoms with E-state index >= 15 is 0 Å². The summed E-state index contributed by atoms with van der Waals surface area (Å²) >= 11 is 1.65. The first-order valence-corrected chi connectivity index (χ1v) is 8.75. The third-order valence-corrected chi connectivity index (χ3v) is 4.74. The van der Waals surface area contributed by atoms with Crippen LogP contribution in [0.15, 0.2) is 46.7 Å². The van der Waals surface area contributed by atoms with Crippen LogP contribution >= 0.6 is 11.3 Å². The van der Waals surface area contributed by atoms with E-state index in [9.17, 15) is 13.2 Å². The highest BCUT2D eigenvalue weighted by Crippen LogP contribution is 2.12. The summed E-state index contributed by atoms with van der Waals surface area (Å²) in [6, 6.07) is 9.55. The SMILES string of the molecule is CC(Cc1cccs1)NC(=O)c1ccc(S(N)(=O)=O)cc1. The van der Waals surface area contributed by atoms with Crippen molar-refractivity contribution in [1.82, 2.24) is 5.32 Å². The van der Waals surface area contributed by atoms with Gasteiger partial charge in [0, 0.05) is 22.9 Å². The fraction of sp³-hybridized carbons (Fsp3) is 0.214. The Morgan fingerprint density at radius 3 is 2.48 bits per heavy atom. The number of amides is 1. The second kappa shape index (κ2) is 6.38. The van der Waals surface area contributed by atoms with Gasteiger partial charge < -0.3 is 5.32 Å². The van der Waals surface area contributed by atoms with Crippen LogP contribution in [0.2, 0.25) is 0 Å². The Balaban J connectivity index is 2.00. The molecule has 112 valence electrons. The zero-order valence-corrected chi connectivity index (χ0v) is 13.1. The van der Waals surface area contributed by atoms with Gasteiger partial charge in [-0.1, -0.05) is 6.07 Å². The molecule has 1 unspecified atom stereocenters. The molecule has 1 aromatic carbocycles. The highest BCUT2D eigenvalue weighted by molar-refractivity contribution is 7.89. The summed E-state index contributed by atoms with van der Waals surface area (Å²) in [5.41, 5.74) is 0.403. The molecule has 21 heavy (non-hydrogen) atoms. The largest absolute Gasteiger partial charge is 0.349 e. The van der Waals surface area contributed by atoms with Crippen molar-refractivity contribution in [2.45, 2.75) is 24.3 Å². The van der Waals surface area contributed by atoms with Crippen LogP contribution in [0.5, 0.6) is 0 Å². The normalized spacial score (nSPS) is 12.9. The summed E-state index contributed by atoms with van der Waals surface area (Å²) in [6.07, 6.45) is 0.763. The molecular weight excluding hydrogens is 308 g/mol. The van der Waals surface area contributed by atoms with Crippen molar-refractivity contribution < 1.29 is 13.2 Å². The Labute approximate surface area is 127 Å². The van der Waals surface area contributed by atoms with Gasteiger partial charge in [0.25, 0.3) is 5.91 Å². The lowest BCUT2D eigenvalue weighted by Gasteiger charge is -2.13. The van der Waals surface area contributed by atoms with Crippen LogP contribution < -0.4 is 10.5 Å². The molecule has 0 spiro atoms. The molecule has 0 saturated heterocycles. The van der Waals surface area contributed by atoms with E-state index in [0.29, 0.717) is 5.56 Å².